The molecule has 0 aliphatic heterocycles. The van der Waals surface area contributed by atoms with Gasteiger partial charge >= 0.3 is 0 Å². The molecule has 0 amide bonds. The number of anilines is 1. The molecule has 6 heteroatoms. The molecule has 1 aliphatic rings. The number of nitrogens with zero attached hydrogens (tertiary/aromatic N) is 2. The van der Waals surface area contributed by atoms with Gasteiger partial charge in [0.1, 0.15) is 0 Å². The molecule has 0 unspecified atom stereocenters. The maximum Gasteiger partial charge on any atom is 0.206 e. The normalized spacial score (nSPS) is 29.2. The van der Waals surface area contributed by atoms with E-state index in [2.05, 4.69) is 38.4 Å². The van der Waals surface area contributed by atoms with E-state index in [1.807, 2.05) is 0 Å². The Labute approximate surface area is 114 Å². The fraction of sp³-hybridized carbons (Fsp3) is 0.818. The van der Waals surface area contributed by atoms with Crippen LogP contribution in [0.4, 0.5) is 5.13 Å². The quantitative estimate of drug-likeness (QED) is 0.895. The van der Waals surface area contributed by atoms with Crippen molar-refractivity contribution < 1.29 is 5.11 Å². The first kappa shape index (κ1) is 13.2. The molecule has 2 rings (SSSR count). The molecule has 0 aromatic carbocycles. The molecule has 1 fully saturated rings. The van der Waals surface area contributed by atoms with Crippen LogP contribution in [0.2, 0.25) is 0 Å². The lowest BCUT2D eigenvalue weighted by Crippen LogP contribution is -2.40. The largest absolute Gasteiger partial charge is 0.388 e. The third-order valence-electron chi connectivity index (χ3n) is 3.58. The Morgan fingerprint density at radius 3 is 2.71 bits per heavy atom. The van der Waals surface area contributed by atoms with Crippen LogP contribution in [0.1, 0.15) is 39.0 Å². The van der Waals surface area contributed by atoms with Crippen molar-refractivity contribution in [3.8, 4) is 0 Å². The van der Waals surface area contributed by atoms with E-state index in [1.54, 1.807) is 0 Å². The SMILES string of the molecule is CCC1CCC(O)(CNc2nnc(Br)s2)CC1. The van der Waals surface area contributed by atoms with Crippen molar-refractivity contribution in [1.82, 2.24) is 10.2 Å². The van der Waals surface area contributed by atoms with E-state index in [1.165, 1.54) is 17.8 Å². The van der Waals surface area contributed by atoms with Crippen LogP contribution in [-0.2, 0) is 0 Å². The molecule has 0 radical (unpaired) electrons. The minimum atomic E-state index is -0.566. The number of halogens is 1. The summed E-state index contributed by atoms with van der Waals surface area (Å²) in [5.74, 6) is 0.797. The van der Waals surface area contributed by atoms with Gasteiger partial charge in [-0.3, -0.25) is 0 Å². The summed E-state index contributed by atoms with van der Waals surface area (Å²) in [7, 11) is 0. The molecule has 0 bridgehead atoms. The number of rotatable bonds is 4. The van der Waals surface area contributed by atoms with Crippen LogP contribution in [0, 0.1) is 5.92 Å². The predicted molar refractivity (Wildman–Crippen MR) is 73.3 cm³/mol. The molecule has 0 atom stereocenters. The number of hydrogen-bond donors (Lipinski definition) is 2. The standard InChI is InChI=1S/C11H18BrN3OS/c1-2-8-3-5-11(16,6-4-8)7-13-10-15-14-9(12)17-10/h8,16H,2-7H2,1H3,(H,13,15). The van der Waals surface area contributed by atoms with Crippen molar-refractivity contribution in [1.29, 1.82) is 0 Å². The van der Waals surface area contributed by atoms with Crippen LogP contribution in [0.3, 0.4) is 0 Å². The molecule has 2 N–H and O–H groups in total. The van der Waals surface area contributed by atoms with Gasteiger partial charge in [-0.05, 0) is 47.5 Å². The lowest BCUT2D eigenvalue weighted by molar-refractivity contribution is 0.00228. The van der Waals surface area contributed by atoms with E-state index >= 15 is 0 Å². The Balaban J connectivity index is 1.82. The van der Waals surface area contributed by atoms with Gasteiger partial charge < -0.3 is 10.4 Å². The third kappa shape index (κ3) is 3.63. The van der Waals surface area contributed by atoms with Gasteiger partial charge in [-0.1, -0.05) is 24.7 Å². The third-order valence-corrected chi connectivity index (χ3v) is 4.90. The minimum Gasteiger partial charge on any atom is -0.388 e. The number of aliphatic hydroxyl groups is 1. The molecule has 96 valence electrons. The van der Waals surface area contributed by atoms with Gasteiger partial charge in [0.2, 0.25) is 5.13 Å². The number of aromatic nitrogens is 2. The maximum atomic E-state index is 10.4. The van der Waals surface area contributed by atoms with Gasteiger partial charge in [-0.2, -0.15) is 0 Å². The molecule has 1 aliphatic carbocycles. The van der Waals surface area contributed by atoms with Gasteiger partial charge in [0.15, 0.2) is 3.92 Å². The van der Waals surface area contributed by atoms with E-state index < -0.39 is 5.60 Å². The van der Waals surface area contributed by atoms with Gasteiger partial charge in [0.05, 0.1) is 5.60 Å². The average molecular weight is 320 g/mol. The summed E-state index contributed by atoms with van der Waals surface area (Å²) in [5.41, 5.74) is -0.566. The number of nitrogens with one attached hydrogen (secondary N) is 1. The Bertz CT molecular complexity index is 363. The van der Waals surface area contributed by atoms with Crippen LogP contribution in [0.15, 0.2) is 3.92 Å². The van der Waals surface area contributed by atoms with Crippen molar-refractivity contribution in [2.45, 2.75) is 44.6 Å². The molecule has 17 heavy (non-hydrogen) atoms. The summed E-state index contributed by atoms with van der Waals surface area (Å²) in [6, 6.07) is 0. The highest BCUT2D eigenvalue weighted by atomic mass is 79.9. The maximum absolute atomic E-state index is 10.4. The van der Waals surface area contributed by atoms with Crippen molar-refractivity contribution in [3.05, 3.63) is 3.92 Å². The molecular weight excluding hydrogens is 302 g/mol. The molecule has 4 nitrogen and oxygen atoms in total. The second-order valence-electron chi connectivity index (χ2n) is 4.79. The van der Waals surface area contributed by atoms with E-state index in [9.17, 15) is 5.11 Å². The minimum absolute atomic E-state index is 0.566. The summed E-state index contributed by atoms with van der Waals surface area (Å²) in [4.78, 5) is 0. The smallest absolute Gasteiger partial charge is 0.206 e. The van der Waals surface area contributed by atoms with Crippen molar-refractivity contribution in [2.24, 2.45) is 5.92 Å². The zero-order chi connectivity index (χ0) is 12.3. The Morgan fingerprint density at radius 1 is 1.47 bits per heavy atom. The predicted octanol–water partition coefficient (Wildman–Crippen LogP) is 3.04. The average Bonchev–Trinajstić information content (AvgIpc) is 2.74. The van der Waals surface area contributed by atoms with Crippen LogP contribution in [-0.4, -0.2) is 27.4 Å². The van der Waals surface area contributed by atoms with Crippen molar-refractivity contribution >= 4 is 32.4 Å². The van der Waals surface area contributed by atoms with E-state index in [0.29, 0.717) is 6.54 Å². The monoisotopic (exact) mass is 319 g/mol. The van der Waals surface area contributed by atoms with Gasteiger partial charge in [-0.15, -0.1) is 10.2 Å². The topological polar surface area (TPSA) is 58.0 Å². The second-order valence-corrected chi connectivity index (χ2v) is 7.04. The first-order valence-electron chi connectivity index (χ1n) is 6.06. The van der Waals surface area contributed by atoms with E-state index in [0.717, 1.165) is 40.6 Å². The van der Waals surface area contributed by atoms with Crippen molar-refractivity contribution in [3.63, 3.8) is 0 Å². The van der Waals surface area contributed by atoms with E-state index in [4.69, 9.17) is 0 Å². The fourth-order valence-corrected chi connectivity index (χ4v) is 3.32. The lowest BCUT2D eigenvalue weighted by Gasteiger charge is -2.35. The molecular formula is C11H18BrN3OS. The summed E-state index contributed by atoms with van der Waals surface area (Å²) in [6.07, 6.45) is 5.27. The van der Waals surface area contributed by atoms with Gasteiger partial charge in [0.25, 0.3) is 0 Å². The summed E-state index contributed by atoms with van der Waals surface area (Å²) >= 11 is 4.72. The molecule has 0 saturated heterocycles. The van der Waals surface area contributed by atoms with Crippen molar-refractivity contribution in [2.75, 3.05) is 11.9 Å². The molecule has 1 aromatic rings. The molecule has 0 spiro atoms. The first-order valence-corrected chi connectivity index (χ1v) is 7.67. The lowest BCUT2D eigenvalue weighted by atomic mass is 9.78. The zero-order valence-corrected chi connectivity index (χ0v) is 12.4. The summed E-state index contributed by atoms with van der Waals surface area (Å²) < 4.78 is 0.765. The van der Waals surface area contributed by atoms with E-state index in [-0.39, 0.29) is 0 Å². The highest BCUT2D eigenvalue weighted by molar-refractivity contribution is 9.11. The van der Waals surface area contributed by atoms with Crippen LogP contribution in [0.25, 0.3) is 0 Å². The number of hydrogen-bond acceptors (Lipinski definition) is 5. The Morgan fingerprint density at radius 2 is 2.18 bits per heavy atom. The van der Waals surface area contributed by atoms with Gasteiger partial charge in [-0.25, -0.2) is 0 Å². The summed E-state index contributed by atoms with van der Waals surface area (Å²) in [5, 5.41) is 22.2. The fourth-order valence-electron chi connectivity index (χ4n) is 2.32. The van der Waals surface area contributed by atoms with Crippen LogP contribution < -0.4 is 5.32 Å². The molecule has 1 heterocycles. The molecule has 1 saturated carbocycles. The highest BCUT2D eigenvalue weighted by Crippen LogP contribution is 2.34. The summed E-state index contributed by atoms with van der Waals surface area (Å²) in [6.45, 7) is 2.80. The van der Waals surface area contributed by atoms with Gasteiger partial charge in [0, 0.05) is 6.54 Å². The Hall–Kier alpha value is -0.200. The molecule has 1 aromatic heterocycles. The second kappa shape index (κ2) is 5.63. The first-order chi connectivity index (χ1) is 8.11. The highest BCUT2D eigenvalue weighted by Gasteiger charge is 2.32. The Kier molecular flexibility index (Phi) is 4.38. The zero-order valence-electron chi connectivity index (χ0n) is 9.95. The van der Waals surface area contributed by atoms with Crippen LogP contribution >= 0.6 is 27.3 Å². The van der Waals surface area contributed by atoms with Crippen LogP contribution in [0.5, 0.6) is 0 Å².